The van der Waals surface area contributed by atoms with E-state index in [4.69, 9.17) is 11.5 Å². The van der Waals surface area contributed by atoms with E-state index in [1.807, 2.05) is 19.2 Å². The van der Waals surface area contributed by atoms with Crippen LogP contribution in [0.15, 0.2) is 47.7 Å². The lowest BCUT2D eigenvalue weighted by atomic mass is 9.62. The number of fused-ring (bicyclic) bond motifs is 2. The van der Waals surface area contributed by atoms with Gasteiger partial charge < -0.3 is 27.0 Å². The van der Waals surface area contributed by atoms with Crippen LogP contribution in [0.3, 0.4) is 0 Å². The second-order valence-corrected chi connectivity index (χ2v) is 12.4. The zero-order chi connectivity index (χ0) is 29.9. The van der Waals surface area contributed by atoms with E-state index in [2.05, 4.69) is 59.7 Å². The van der Waals surface area contributed by atoms with Gasteiger partial charge in [0.25, 0.3) is 0 Å². The van der Waals surface area contributed by atoms with Crippen molar-refractivity contribution < 1.29 is 4.79 Å². The molecule has 0 aromatic heterocycles. The van der Waals surface area contributed by atoms with Crippen molar-refractivity contribution in [1.82, 2.24) is 15.5 Å². The van der Waals surface area contributed by atoms with E-state index in [0.717, 1.165) is 61.0 Å². The lowest BCUT2D eigenvalue weighted by molar-refractivity contribution is 0.1000. The molecule has 1 amide bonds. The minimum atomic E-state index is -0.514. The number of hydrogen-bond donors (Lipinski definition) is 4. The molecule has 2 fully saturated rings. The normalized spacial score (nSPS) is 29.5. The molecule has 0 bridgehead atoms. The van der Waals surface area contributed by atoms with Gasteiger partial charge in [-0.15, -0.1) is 0 Å². The van der Waals surface area contributed by atoms with Crippen LogP contribution in [0.25, 0.3) is 0 Å². The van der Waals surface area contributed by atoms with Crippen LogP contribution in [0.4, 0.5) is 0 Å². The van der Waals surface area contributed by atoms with Crippen LogP contribution in [0, 0.1) is 35.0 Å². The Labute approximate surface area is 246 Å². The molecule has 41 heavy (non-hydrogen) atoms. The van der Waals surface area contributed by atoms with Crippen molar-refractivity contribution in [3.63, 3.8) is 0 Å². The molecule has 222 valence electrons. The van der Waals surface area contributed by atoms with Gasteiger partial charge in [0.05, 0.1) is 11.5 Å². The van der Waals surface area contributed by atoms with Gasteiger partial charge in [0.2, 0.25) is 5.91 Å². The van der Waals surface area contributed by atoms with Crippen LogP contribution in [0.5, 0.6) is 0 Å². The number of carbonyl (C=O) groups excluding carboxylic acids is 1. The highest BCUT2D eigenvalue weighted by Gasteiger charge is 2.52. The minimum absolute atomic E-state index is 0.0601. The molecule has 4 rings (SSSR count). The van der Waals surface area contributed by atoms with Crippen LogP contribution < -0.4 is 22.1 Å². The number of piperidine rings is 1. The SMILES string of the molecule is C=C(NC)C(CC)CC1CCc2cc(C(N)=O)ccc2C(CCNCC(=C)N2C(C#N)C[C@@H]3C[C@@H]32)(C(N)=NC)C1C. The molecule has 8 nitrogen and oxygen atoms in total. The van der Waals surface area contributed by atoms with E-state index < -0.39 is 11.3 Å². The molecule has 6 N–H and O–H groups in total. The molecular weight excluding hydrogens is 510 g/mol. The van der Waals surface area contributed by atoms with E-state index in [1.54, 1.807) is 7.05 Å². The summed E-state index contributed by atoms with van der Waals surface area (Å²) in [5, 5.41) is 16.5. The first-order chi connectivity index (χ1) is 19.6. The summed E-state index contributed by atoms with van der Waals surface area (Å²) >= 11 is 0. The van der Waals surface area contributed by atoms with Crippen LogP contribution in [-0.4, -0.2) is 55.9 Å². The third-order valence-corrected chi connectivity index (χ3v) is 10.4. The smallest absolute Gasteiger partial charge is 0.248 e. The number of likely N-dealkylation sites (tertiary alicyclic amines) is 1. The Bertz CT molecular complexity index is 1230. The van der Waals surface area contributed by atoms with E-state index in [-0.39, 0.29) is 12.0 Å². The summed E-state index contributed by atoms with van der Waals surface area (Å²) < 4.78 is 0. The zero-order valence-corrected chi connectivity index (χ0v) is 25.4. The Balaban J connectivity index is 1.63. The van der Waals surface area contributed by atoms with Crippen molar-refractivity contribution in [3.8, 4) is 6.07 Å². The van der Waals surface area contributed by atoms with E-state index >= 15 is 0 Å². The number of amidine groups is 1. The lowest BCUT2D eigenvalue weighted by Crippen LogP contribution is -2.50. The highest BCUT2D eigenvalue weighted by Crippen LogP contribution is 2.50. The Morgan fingerprint density at radius 2 is 2.07 bits per heavy atom. The first-order valence-electron chi connectivity index (χ1n) is 15.2. The Hall–Kier alpha value is -3.31. The third kappa shape index (κ3) is 5.88. The number of nitrogens with one attached hydrogen (secondary N) is 2. The van der Waals surface area contributed by atoms with Crippen LogP contribution in [-0.2, 0) is 11.8 Å². The lowest BCUT2D eigenvalue weighted by Gasteiger charge is -2.43. The first kappa shape index (κ1) is 30.6. The summed E-state index contributed by atoms with van der Waals surface area (Å²) in [7, 11) is 3.72. The third-order valence-electron chi connectivity index (χ3n) is 10.4. The maximum absolute atomic E-state index is 12.1. The van der Waals surface area contributed by atoms with Gasteiger partial charge in [0.1, 0.15) is 11.9 Å². The van der Waals surface area contributed by atoms with Crippen molar-refractivity contribution in [2.75, 3.05) is 27.2 Å². The second kappa shape index (κ2) is 12.7. The first-order valence-corrected chi connectivity index (χ1v) is 15.2. The molecule has 1 aliphatic heterocycles. The number of aryl methyl sites for hydroxylation is 1. The summed E-state index contributed by atoms with van der Waals surface area (Å²) in [6, 6.07) is 8.74. The summed E-state index contributed by atoms with van der Waals surface area (Å²) in [4.78, 5) is 19.0. The van der Waals surface area contributed by atoms with E-state index in [1.165, 1.54) is 6.42 Å². The van der Waals surface area contributed by atoms with Crippen LogP contribution >= 0.6 is 0 Å². The summed E-state index contributed by atoms with van der Waals surface area (Å²) in [6.45, 7) is 14.5. The van der Waals surface area contributed by atoms with Gasteiger partial charge >= 0.3 is 0 Å². The number of aliphatic imine (C=N–C) groups is 1. The molecule has 1 saturated heterocycles. The number of rotatable bonds is 13. The van der Waals surface area contributed by atoms with Crippen molar-refractivity contribution in [2.24, 2.45) is 40.1 Å². The average Bonchev–Trinajstić information content (AvgIpc) is 3.66. The topological polar surface area (TPSA) is 133 Å². The zero-order valence-electron chi connectivity index (χ0n) is 25.4. The summed E-state index contributed by atoms with van der Waals surface area (Å²) in [5.74, 6) is 1.78. The number of primary amides is 1. The molecule has 7 atom stereocenters. The molecule has 1 aromatic rings. The molecule has 5 unspecified atom stereocenters. The molecule has 3 aliphatic rings. The van der Waals surface area contributed by atoms with Crippen LogP contribution in [0.1, 0.15) is 73.9 Å². The fourth-order valence-corrected chi connectivity index (χ4v) is 7.77. The number of nitriles is 1. The number of hydrogen-bond acceptors (Lipinski definition) is 6. The number of nitrogens with zero attached hydrogens (tertiary/aromatic N) is 3. The second-order valence-electron chi connectivity index (χ2n) is 12.4. The summed E-state index contributed by atoms with van der Waals surface area (Å²) in [6.07, 6.45) is 6.73. The highest BCUT2D eigenvalue weighted by molar-refractivity contribution is 5.95. The average molecular weight is 560 g/mol. The Morgan fingerprint density at radius 3 is 2.71 bits per heavy atom. The predicted octanol–water partition coefficient (Wildman–Crippen LogP) is 3.84. The standard InChI is InChI=1S/C33H49N7O/c1-7-23(22(4)37-5)14-24-8-9-25-15-26(31(35)41)10-11-29(25)33(21(24)3,32(36)38-6)12-13-39-19-20(2)40-28(18-34)16-27-17-30(27)40/h10-11,15,21,23-24,27-28,30,37,39H,2,4,7-9,12-14,16-17,19H2,1,3,5-6H3,(H2,35,41)(H2,36,38)/t21?,23?,24?,27-,28?,30+,33?/m1/s1. The van der Waals surface area contributed by atoms with Gasteiger partial charge in [-0.25, -0.2) is 0 Å². The maximum Gasteiger partial charge on any atom is 0.248 e. The number of nitrogens with two attached hydrogens (primary N) is 2. The molecular formula is C33H49N7O. The molecule has 0 radical (unpaired) electrons. The van der Waals surface area contributed by atoms with Crippen molar-refractivity contribution in [2.45, 2.75) is 76.3 Å². The van der Waals surface area contributed by atoms with Gasteiger partial charge in [-0.3, -0.25) is 9.79 Å². The number of carbonyl (C=O) groups is 1. The van der Waals surface area contributed by atoms with Gasteiger partial charge in [-0.2, -0.15) is 5.26 Å². The van der Waals surface area contributed by atoms with Crippen molar-refractivity contribution in [1.29, 1.82) is 5.26 Å². The molecule has 0 spiro atoms. The summed E-state index contributed by atoms with van der Waals surface area (Å²) in [5.41, 5.74) is 16.9. The maximum atomic E-state index is 12.1. The minimum Gasteiger partial charge on any atom is -0.392 e. The fraction of sp³-hybridized carbons (Fsp3) is 0.606. The van der Waals surface area contributed by atoms with Gasteiger partial charge in [0.15, 0.2) is 0 Å². The number of amides is 1. The van der Waals surface area contributed by atoms with Crippen molar-refractivity contribution >= 4 is 11.7 Å². The number of benzene rings is 1. The fourth-order valence-electron chi connectivity index (χ4n) is 7.77. The van der Waals surface area contributed by atoms with E-state index in [0.29, 0.717) is 48.3 Å². The molecule has 1 heterocycles. The molecule has 1 aromatic carbocycles. The van der Waals surface area contributed by atoms with E-state index in [9.17, 15) is 10.1 Å². The monoisotopic (exact) mass is 559 g/mol. The quantitative estimate of drug-likeness (QED) is 0.126. The Morgan fingerprint density at radius 1 is 1.32 bits per heavy atom. The molecule has 1 saturated carbocycles. The highest BCUT2D eigenvalue weighted by atomic mass is 16.1. The van der Waals surface area contributed by atoms with Crippen LogP contribution in [0.2, 0.25) is 0 Å². The number of allylic oxidation sites excluding steroid dienone is 1. The molecule has 8 heteroatoms. The van der Waals surface area contributed by atoms with Gasteiger partial charge in [-0.05, 0) is 98.4 Å². The predicted molar refractivity (Wildman–Crippen MR) is 166 cm³/mol. The Kier molecular flexibility index (Phi) is 9.48. The molecule has 2 aliphatic carbocycles. The van der Waals surface area contributed by atoms with Gasteiger partial charge in [-0.1, -0.05) is 33.1 Å². The largest absolute Gasteiger partial charge is 0.392 e. The van der Waals surface area contributed by atoms with Gasteiger partial charge in [0, 0.05) is 43.6 Å². The van der Waals surface area contributed by atoms with Crippen molar-refractivity contribution in [3.05, 3.63) is 59.4 Å².